The Kier molecular flexibility index (Phi) is 5.84. The van der Waals surface area contributed by atoms with E-state index in [0.29, 0.717) is 24.7 Å². The number of halogens is 1. The average molecular weight is 360 g/mol. The summed E-state index contributed by atoms with van der Waals surface area (Å²) in [5, 5.41) is 0. The van der Waals surface area contributed by atoms with Gasteiger partial charge in [0, 0.05) is 10.9 Å². The maximum Gasteiger partial charge on any atom is 0.331 e. The number of methoxy groups -OCH3 is 1. The molecule has 0 spiro atoms. The first kappa shape index (κ1) is 16.1. The molecule has 0 radical (unpaired) electrons. The molecule has 0 aliphatic carbocycles. The summed E-state index contributed by atoms with van der Waals surface area (Å²) in [7, 11) is 1.31. The highest BCUT2D eigenvalue weighted by Gasteiger charge is 2.18. The van der Waals surface area contributed by atoms with Gasteiger partial charge in [0.15, 0.2) is 11.5 Å². The van der Waals surface area contributed by atoms with E-state index in [1.54, 1.807) is 0 Å². The molecule has 1 aliphatic heterocycles. The van der Waals surface area contributed by atoms with E-state index in [0.717, 1.165) is 16.5 Å². The summed E-state index contributed by atoms with van der Waals surface area (Å²) in [5.41, 5.74) is 6.93. The Morgan fingerprint density at radius 1 is 1.38 bits per heavy atom. The van der Waals surface area contributed by atoms with Crippen LogP contribution in [0.25, 0.3) is 0 Å². The number of esters is 1. The Balaban J connectivity index is 2.04. The van der Waals surface area contributed by atoms with Crippen molar-refractivity contribution in [1.82, 2.24) is 0 Å². The Hall–Kier alpha value is -1.31. The minimum Gasteiger partial charge on any atom is -0.490 e. The minimum absolute atomic E-state index is 0.119. The number of nitrogens with two attached hydrogens (primary N) is 1. The van der Waals surface area contributed by atoms with Gasteiger partial charge in [-0.05, 0) is 17.7 Å². The smallest absolute Gasteiger partial charge is 0.331 e. The SMILES string of the molecule is COC(=O)COCC(N)c1cc2c(cc1Br)OCCCO2. The van der Waals surface area contributed by atoms with Crippen LogP contribution in [0.2, 0.25) is 0 Å². The number of hydrogen-bond donors (Lipinski definition) is 1. The second-order valence-corrected chi connectivity index (χ2v) is 5.42. The van der Waals surface area contributed by atoms with Crippen LogP contribution >= 0.6 is 15.9 Å². The molecule has 116 valence electrons. The molecule has 0 saturated carbocycles. The zero-order valence-electron chi connectivity index (χ0n) is 11.8. The van der Waals surface area contributed by atoms with Crippen molar-refractivity contribution in [3.05, 3.63) is 22.2 Å². The molecule has 0 saturated heterocycles. The van der Waals surface area contributed by atoms with Crippen molar-refractivity contribution in [2.24, 2.45) is 5.73 Å². The van der Waals surface area contributed by atoms with Crippen LogP contribution in [0, 0.1) is 0 Å². The number of carbonyl (C=O) groups excluding carboxylic acids is 1. The molecular formula is C14H18BrNO5. The van der Waals surface area contributed by atoms with Crippen molar-refractivity contribution < 1.29 is 23.7 Å². The first-order valence-electron chi connectivity index (χ1n) is 6.61. The standard InChI is InChI=1S/C14H18BrNO5/c1-18-14(17)8-19-7-11(16)9-5-12-13(6-10(9)15)21-4-2-3-20-12/h5-6,11H,2-4,7-8,16H2,1H3. The van der Waals surface area contributed by atoms with Gasteiger partial charge in [0.2, 0.25) is 0 Å². The first-order chi connectivity index (χ1) is 10.1. The first-order valence-corrected chi connectivity index (χ1v) is 7.40. The highest BCUT2D eigenvalue weighted by atomic mass is 79.9. The molecule has 0 fully saturated rings. The molecule has 1 aliphatic rings. The highest BCUT2D eigenvalue weighted by molar-refractivity contribution is 9.10. The number of ether oxygens (including phenoxy) is 4. The third-order valence-corrected chi connectivity index (χ3v) is 3.70. The van der Waals surface area contributed by atoms with Gasteiger partial charge >= 0.3 is 5.97 Å². The predicted molar refractivity (Wildman–Crippen MR) is 79.5 cm³/mol. The molecule has 2 rings (SSSR count). The molecule has 1 atom stereocenters. The Morgan fingerprint density at radius 2 is 2.05 bits per heavy atom. The molecule has 1 aromatic carbocycles. The lowest BCUT2D eigenvalue weighted by Gasteiger charge is -2.17. The van der Waals surface area contributed by atoms with Gasteiger partial charge in [-0.25, -0.2) is 4.79 Å². The summed E-state index contributed by atoms with van der Waals surface area (Å²) < 4.78 is 21.8. The molecule has 6 nitrogen and oxygen atoms in total. The fourth-order valence-electron chi connectivity index (χ4n) is 1.90. The van der Waals surface area contributed by atoms with E-state index in [4.69, 9.17) is 19.9 Å². The molecule has 0 aromatic heterocycles. The molecule has 0 amide bonds. The van der Waals surface area contributed by atoms with Gasteiger partial charge in [0.1, 0.15) is 6.61 Å². The van der Waals surface area contributed by atoms with Crippen LogP contribution in [0.1, 0.15) is 18.0 Å². The van der Waals surface area contributed by atoms with E-state index in [1.165, 1.54) is 7.11 Å². The maximum absolute atomic E-state index is 11.0. The molecule has 7 heteroatoms. The lowest BCUT2D eigenvalue weighted by atomic mass is 10.1. The van der Waals surface area contributed by atoms with Crippen molar-refractivity contribution in [1.29, 1.82) is 0 Å². The lowest BCUT2D eigenvalue weighted by molar-refractivity contribution is -0.146. The van der Waals surface area contributed by atoms with E-state index >= 15 is 0 Å². The molecule has 0 bridgehead atoms. The molecule has 2 N–H and O–H groups in total. The Bertz CT molecular complexity index is 508. The highest BCUT2D eigenvalue weighted by Crippen LogP contribution is 2.37. The van der Waals surface area contributed by atoms with Crippen LogP contribution < -0.4 is 15.2 Å². The summed E-state index contributed by atoms with van der Waals surface area (Å²) in [6.07, 6.45) is 0.843. The van der Waals surface area contributed by atoms with Crippen molar-refractivity contribution in [3.8, 4) is 11.5 Å². The van der Waals surface area contributed by atoms with Gasteiger partial charge in [-0.1, -0.05) is 15.9 Å². The van der Waals surface area contributed by atoms with Crippen LogP contribution in [0.15, 0.2) is 16.6 Å². The number of fused-ring (bicyclic) bond motifs is 1. The van der Waals surface area contributed by atoms with Crippen LogP contribution in [0.5, 0.6) is 11.5 Å². The topological polar surface area (TPSA) is 80.0 Å². The molecule has 1 aromatic rings. The second kappa shape index (κ2) is 7.63. The number of carbonyl (C=O) groups is 1. The van der Waals surface area contributed by atoms with Crippen molar-refractivity contribution >= 4 is 21.9 Å². The Labute approximate surface area is 131 Å². The van der Waals surface area contributed by atoms with E-state index < -0.39 is 5.97 Å². The largest absolute Gasteiger partial charge is 0.490 e. The molecule has 1 heterocycles. The molecule has 21 heavy (non-hydrogen) atoms. The number of benzene rings is 1. The van der Waals surface area contributed by atoms with Gasteiger partial charge in [0.25, 0.3) is 0 Å². The van der Waals surface area contributed by atoms with Gasteiger partial charge in [-0.3, -0.25) is 0 Å². The quantitative estimate of drug-likeness (QED) is 0.807. The maximum atomic E-state index is 11.0. The van der Waals surface area contributed by atoms with Gasteiger partial charge in [-0.15, -0.1) is 0 Å². The summed E-state index contributed by atoms with van der Waals surface area (Å²) in [6.45, 7) is 1.33. The predicted octanol–water partition coefficient (Wildman–Crippen LogP) is 1.80. The summed E-state index contributed by atoms with van der Waals surface area (Å²) in [5.74, 6) is 0.944. The number of rotatable bonds is 5. The zero-order valence-corrected chi connectivity index (χ0v) is 13.4. The van der Waals surface area contributed by atoms with Crippen molar-refractivity contribution in [2.75, 3.05) is 33.5 Å². The minimum atomic E-state index is -0.431. The van der Waals surface area contributed by atoms with E-state index in [9.17, 15) is 4.79 Å². The van der Waals surface area contributed by atoms with Crippen molar-refractivity contribution in [3.63, 3.8) is 0 Å². The van der Waals surface area contributed by atoms with E-state index in [1.807, 2.05) is 12.1 Å². The Morgan fingerprint density at radius 3 is 2.71 bits per heavy atom. The summed E-state index contributed by atoms with van der Waals surface area (Å²) in [6, 6.07) is 3.30. The van der Waals surface area contributed by atoms with Crippen molar-refractivity contribution in [2.45, 2.75) is 12.5 Å². The van der Waals surface area contributed by atoms with Crippen LogP contribution in [0.3, 0.4) is 0 Å². The molecule has 1 unspecified atom stereocenters. The van der Waals surface area contributed by atoms with Crippen LogP contribution in [0.4, 0.5) is 0 Å². The normalized spacial score (nSPS) is 15.2. The van der Waals surface area contributed by atoms with Gasteiger partial charge in [-0.2, -0.15) is 0 Å². The zero-order chi connectivity index (χ0) is 15.2. The fraction of sp³-hybridized carbons (Fsp3) is 0.500. The van der Waals surface area contributed by atoms with Crippen LogP contribution in [-0.2, 0) is 14.3 Å². The lowest BCUT2D eigenvalue weighted by Crippen LogP contribution is -2.21. The summed E-state index contributed by atoms with van der Waals surface area (Å²) >= 11 is 3.47. The molecular weight excluding hydrogens is 342 g/mol. The van der Waals surface area contributed by atoms with E-state index in [-0.39, 0.29) is 19.3 Å². The number of hydrogen-bond acceptors (Lipinski definition) is 6. The second-order valence-electron chi connectivity index (χ2n) is 4.57. The third kappa shape index (κ3) is 4.33. The van der Waals surface area contributed by atoms with E-state index in [2.05, 4.69) is 20.7 Å². The summed E-state index contributed by atoms with van der Waals surface area (Å²) in [4.78, 5) is 11.0. The van der Waals surface area contributed by atoms with Gasteiger partial charge in [0.05, 0.1) is 33.0 Å². The van der Waals surface area contributed by atoms with Crippen LogP contribution in [-0.4, -0.2) is 39.5 Å². The third-order valence-electron chi connectivity index (χ3n) is 3.01. The average Bonchev–Trinajstić information content (AvgIpc) is 2.70. The monoisotopic (exact) mass is 359 g/mol. The van der Waals surface area contributed by atoms with Gasteiger partial charge < -0.3 is 24.7 Å². The fourth-order valence-corrected chi connectivity index (χ4v) is 2.52.